The highest BCUT2D eigenvalue weighted by atomic mass is 35.6. The molecular formula is C17H20Cl3NO2. The van der Waals surface area contributed by atoms with Gasteiger partial charge < -0.3 is 4.74 Å². The lowest BCUT2D eigenvalue weighted by Gasteiger charge is -2.33. The largest absolute Gasteiger partial charge is 0.462 e. The van der Waals surface area contributed by atoms with E-state index in [0.717, 1.165) is 0 Å². The third kappa shape index (κ3) is 6.59. The number of halogens is 3. The van der Waals surface area contributed by atoms with Gasteiger partial charge in [-0.15, -0.1) is 0 Å². The second kappa shape index (κ2) is 8.78. The van der Waals surface area contributed by atoms with E-state index in [-0.39, 0.29) is 5.97 Å². The molecule has 0 saturated heterocycles. The molecule has 0 aliphatic rings. The minimum absolute atomic E-state index is 0.299. The number of hydrogen-bond donors (Lipinski definition) is 0. The molecule has 126 valence electrons. The first-order valence-electron chi connectivity index (χ1n) is 7.38. The van der Waals surface area contributed by atoms with Crippen molar-refractivity contribution in [2.75, 3.05) is 6.61 Å². The molecule has 6 heteroatoms. The molecule has 23 heavy (non-hydrogen) atoms. The summed E-state index contributed by atoms with van der Waals surface area (Å²) in [6.07, 6.45) is 1.92. The van der Waals surface area contributed by atoms with Crippen LogP contribution in [0.25, 0.3) is 0 Å². The summed E-state index contributed by atoms with van der Waals surface area (Å²) in [5, 5.41) is 9.23. The summed E-state index contributed by atoms with van der Waals surface area (Å²) in [5.41, 5.74) is -0.219. The summed E-state index contributed by atoms with van der Waals surface area (Å²) < 4.78 is 3.70. The molecule has 1 unspecified atom stereocenters. The second-order valence-electron chi connectivity index (χ2n) is 5.93. The number of nitriles is 1. The number of carbonyl (C=O) groups is 1. The molecule has 0 aliphatic heterocycles. The summed E-state index contributed by atoms with van der Waals surface area (Å²) >= 11 is 18.0. The van der Waals surface area contributed by atoms with E-state index in [0.29, 0.717) is 31.4 Å². The van der Waals surface area contributed by atoms with E-state index in [1.165, 1.54) is 0 Å². The van der Waals surface area contributed by atoms with Gasteiger partial charge >= 0.3 is 5.97 Å². The quantitative estimate of drug-likeness (QED) is 0.356. The summed E-state index contributed by atoms with van der Waals surface area (Å²) in [5.74, 6) is -0.740. The monoisotopic (exact) mass is 375 g/mol. The maximum atomic E-state index is 11.8. The van der Waals surface area contributed by atoms with Crippen LogP contribution in [0.3, 0.4) is 0 Å². The molecule has 0 N–H and O–H groups in total. The molecule has 0 bridgehead atoms. The Balaban J connectivity index is 2.41. The van der Waals surface area contributed by atoms with Crippen LogP contribution < -0.4 is 0 Å². The Labute approximate surface area is 152 Å². The Hall–Kier alpha value is -0.950. The van der Waals surface area contributed by atoms with Gasteiger partial charge in [0, 0.05) is 5.92 Å². The van der Waals surface area contributed by atoms with E-state index < -0.39 is 15.1 Å². The van der Waals surface area contributed by atoms with E-state index in [9.17, 15) is 10.1 Å². The predicted octanol–water partition coefficient (Wildman–Crippen LogP) is 5.55. The number of alkyl halides is 3. The molecule has 0 heterocycles. The van der Waals surface area contributed by atoms with E-state index in [4.69, 9.17) is 39.5 Å². The Morgan fingerprint density at radius 1 is 1.22 bits per heavy atom. The van der Waals surface area contributed by atoms with Gasteiger partial charge in [-0.05, 0) is 45.2 Å². The van der Waals surface area contributed by atoms with E-state index in [2.05, 4.69) is 6.07 Å². The molecule has 1 rings (SSSR count). The molecule has 1 aromatic rings. The third-order valence-corrected chi connectivity index (χ3v) is 4.47. The minimum Gasteiger partial charge on any atom is -0.462 e. The van der Waals surface area contributed by atoms with Gasteiger partial charge in [0.25, 0.3) is 0 Å². The van der Waals surface area contributed by atoms with Crippen LogP contribution in [0.4, 0.5) is 0 Å². The highest BCUT2D eigenvalue weighted by molar-refractivity contribution is 6.67. The molecule has 0 fully saturated rings. The Bertz CT molecular complexity index is 547. The number of rotatable bonds is 7. The minimum atomic E-state index is -1.50. The van der Waals surface area contributed by atoms with E-state index >= 15 is 0 Å². The van der Waals surface area contributed by atoms with Gasteiger partial charge in [0.2, 0.25) is 0 Å². The SMILES string of the molecule is CC(C)(C#N)C(CCCCOC(=O)c1ccccc1)C(Cl)(Cl)Cl. The average molecular weight is 377 g/mol. The zero-order valence-electron chi connectivity index (χ0n) is 13.2. The highest BCUT2D eigenvalue weighted by Crippen LogP contribution is 2.47. The molecule has 1 aromatic carbocycles. The maximum Gasteiger partial charge on any atom is 0.338 e. The van der Waals surface area contributed by atoms with E-state index in [1.54, 1.807) is 38.1 Å². The first-order chi connectivity index (χ1) is 10.7. The normalized spacial score (nSPS) is 13.2. The molecule has 0 aromatic heterocycles. The zero-order valence-corrected chi connectivity index (χ0v) is 15.5. The van der Waals surface area contributed by atoms with Gasteiger partial charge in [-0.3, -0.25) is 0 Å². The number of hydrogen-bond acceptors (Lipinski definition) is 3. The van der Waals surface area contributed by atoms with Gasteiger partial charge in [0.15, 0.2) is 3.79 Å². The van der Waals surface area contributed by atoms with Crippen LogP contribution >= 0.6 is 34.8 Å². The van der Waals surface area contributed by atoms with Crippen LogP contribution in [0.1, 0.15) is 43.5 Å². The number of benzene rings is 1. The molecule has 0 aliphatic carbocycles. The van der Waals surface area contributed by atoms with Crippen LogP contribution in [-0.2, 0) is 4.74 Å². The first kappa shape index (κ1) is 20.1. The Kier molecular flexibility index (Phi) is 7.67. The van der Waals surface area contributed by atoms with Gasteiger partial charge in [-0.2, -0.15) is 5.26 Å². The zero-order chi connectivity index (χ0) is 17.5. The Morgan fingerprint density at radius 2 is 1.83 bits per heavy atom. The predicted molar refractivity (Wildman–Crippen MR) is 93.7 cm³/mol. The van der Waals surface area contributed by atoms with Crippen LogP contribution in [0.2, 0.25) is 0 Å². The smallest absolute Gasteiger partial charge is 0.338 e. The average Bonchev–Trinajstić information content (AvgIpc) is 2.49. The van der Waals surface area contributed by atoms with Crippen molar-refractivity contribution in [3.05, 3.63) is 35.9 Å². The first-order valence-corrected chi connectivity index (χ1v) is 8.52. The fraction of sp³-hybridized carbons (Fsp3) is 0.529. The topological polar surface area (TPSA) is 50.1 Å². The molecule has 0 spiro atoms. The molecule has 0 saturated carbocycles. The molecule has 1 atom stereocenters. The standard InChI is InChI=1S/C17H20Cl3NO2/c1-16(2,12-21)14(17(18,19)20)10-6-7-11-23-15(22)13-8-4-3-5-9-13/h3-5,8-9,14H,6-7,10-11H2,1-2H3. The second-order valence-corrected chi connectivity index (χ2v) is 8.29. The highest BCUT2D eigenvalue weighted by Gasteiger charge is 2.43. The molecule has 3 nitrogen and oxygen atoms in total. The lowest BCUT2D eigenvalue weighted by atomic mass is 9.78. The van der Waals surface area contributed by atoms with Crippen molar-refractivity contribution in [1.29, 1.82) is 5.26 Å². The maximum absolute atomic E-state index is 11.8. The summed E-state index contributed by atoms with van der Waals surface area (Å²) in [6, 6.07) is 11.0. The van der Waals surface area contributed by atoms with Crippen molar-refractivity contribution < 1.29 is 9.53 Å². The lowest BCUT2D eigenvalue weighted by Crippen LogP contribution is -2.33. The van der Waals surface area contributed by atoms with E-state index in [1.807, 2.05) is 6.07 Å². The van der Waals surface area contributed by atoms with Crippen LogP contribution in [-0.4, -0.2) is 16.4 Å². The fourth-order valence-corrected chi connectivity index (χ4v) is 3.43. The van der Waals surface area contributed by atoms with Crippen molar-refractivity contribution in [1.82, 2.24) is 0 Å². The summed E-state index contributed by atoms with van der Waals surface area (Å²) in [4.78, 5) is 11.8. The number of ether oxygens (including phenoxy) is 1. The Morgan fingerprint density at radius 3 is 2.35 bits per heavy atom. The summed E-state index contributed by atoms with van der Waals surface area (Å²) in [7, 11) is 0. The van der Waals surface area contributed by atoms with Crippen LogP contribution in [0.5, 0.6) is 0 Å². The fourth-order valence-electron chi connectivity index (χ4n) is 2.28. The number of unbranched alkanes of at least 4 members (excludes halogenated alkanes) is 1. The third-order valence-electron chi connectivity index (χ3n) is 3.68. The number of carbonyl (C=O) groups excluding carboxylic acids is 1. The van der Waals surface area contributed by atoms with Crippen molar-refractivity contribution in [3.63, 3.8) is 0 Å². The van der Waals surface area contributed by atoms with Crippen molar-refractivity contribution in [3.8, 4) is 6.07 Å². The van der Waals surface area contributed by atoms with Crippen molar-refractivity contribution in [2.24, 2.45) is 11.3 Å². The van der Waals surface area contributed by atoms with Gasteiger partial charge in [0.1, 0.15) is 0 Å². The van der Waals surface area contributed by atoms with Gasteiger partial charge in [-0.1, -0.05) is 53.0 Å². The van der Waals surface area contributed by atoms with Crippen molar-refractivity contribution >= 4 is 40.8 Å². The lowest BCUT2D eigenvalue weighted by molar-refractivity contribution is 0.0495. The van der Waals surface area contributed by atoms with Gasteiger partial charge in [0.05, 0.1) is 23.7 Å². The number of nitrogens with zero attached hydrogens (tertiary/aromatic N) is 1. The van der Waals surface area contributed by atoms with Gasteiger partial charge in [-0.25, -0.2) is 4.79 Å². The molecular weight excluding hydrogens is 357 g/mol. The molecule has 0 amide bonds. The van der Waals surface area contributed by atoms with Crippen LogP contribution in [0.15, 0.2) is 30.3 Å². The number of esters is 1. The van der Waals surface area contributed by atoms with Crippen LogP contribution in [0, 0.1) is 22.7 Å². The summed E-state index contributed by atoms with van der Waals surface area (Å²) in [6.45, 7) is 3.82. The van der Waals surface area contributed by atoms with Crippen molar-refractivity contribution in [2.45, 2.75) is 36.9 Å². The molecule has 0 radical (unpaired) electrons.